The van der Waals surface area contributed by atoms with Crippen LogP contribution in [0.4, 0.5) is 0 Å². The average molecular weight is 394 g/mol. The first-order chi connectivity index (χ1) is 14.2. The molecule has 1 aromatic heterocycles. The molecule has 3 N–H and O–H groups in total. The van der Waals surface area contributed by atoms with Gasteiger partial charge in [-0.15, -0.1) is 0 Å². The summed E-state index contributed by atoms with van der Waals surface area (Å²) in [6.45, 7) is 0.423. The molecule has 0 saturated heterocycles. The highest BCUT2D eigenvalue weighted by molar-refractivity contribution is 5.30. The zero-order valence-corrected chi connectivity index (χ0v) is 16.1. The van der Waals surface area contributed by atoms with Crippen molar-refractivity contribution in [3.8, 4) is 17.4 Å². The Hall–Kier alpha value is -2.93. The van der Waals surface area contributed by atoms with Crippen LogP contribution in [0.5, 0.6) is 17.4 Å². The van der Waals surface area contributed by atoms with E-state index < -0.39 is 12.3 Å². The van der Waals surface area contributed by atoms with Crippen molar-refractivity contribution in [2.45, 2.75) is 25.2 Å². The van der Waals surface area contributed by atoms with Crippen LogP contribution in [0.15, 0.2) is 79.0 Å². The number of para-hydroxylation sites is 1. The van der Waals surface area contributed by atoms with Gasteiger partial charge in [-0.05, 0) is 48.7 Å². The number of benzene rings is 2. The molecule has 6 heteroatoms. The minimum absolute atomic E-state index is 0.168. The predicted octanol–water partition coefficient (Wildman–Crippen LogP) is 3.15. The van der Waals surface area contributed by atoms with Gasteiger partial charge in [0.1, 0.15) is 30.4 Å². The highest BCUT2D eigenvalue weighted by Crippen LogP contribution is 2.19. The Labute approximate surface area is 170 Å². The van der Waals surface area contributed by atoms with E-state index in [1.165, 1.54) is 0 Å². The Morgan fingerprint density at radius 3 is 2.34 bits per heavy atom. The highest BCUT2D eigenvalue weighted by atomic mass is 16.5. The summed E-state index contributed by atoms with van der Waals surface area (Å²) in [4.78, 5) is 4.13. The smallest absolute Gasteiger partial charge is 0.219 e. The van der Waals surface area contributed by atoms with Crippen LogP contribution in [0, 0.1) is 0 Å². The van der Waals surface area contributed by atoms with Crippen LogP contribution in [0.1, 0.15) is 12.0 Å². The molecule has 3 aromatic rings. The van der Waals surface area contributed by atoms with Gasteiger partial charge in [-0.1, -0.05) is 36.4 Å². The first-order valence-corrected chi connectivity index (χ1v) is 9.64. The van der Waals surface area contributed by atoms with Crippen molar-refractivity contribution in [3.05, 3.63) is 84.6 Å². The summed E-state index contributed by atoms with van der Waals surface area (Å²) in [7, 11) is 0. The predicted molar refractivity (Wildman–Crippen MR) is 111 cm³/mol. The van der Waals surface area contributed by atoms with E-state index in [0.717, 1.165) is 5.56 Å². The van der Waals surface area contributed by atoms with E-state index in [2.05, 4.69) is 10.3 Å². The van der Waals surface area contributed by atoms with Gasteiger partial charge >= 0.3 is 0 Å². The lowest BCUT2D eigenvalue weighted by molar-refractivity contribution is 0.0711. The van der Waals surface area contributed by atoms with Gasteiger partial charge in [-0.25, -0.2) is 4.98 Å². The lowest BCUT2D eigenvalue weighted by atomic mass is 10.1. The maximum absolute atomic E-state index is 10.1. The Balaban J connectivity index is 1.34. The summed E-state index contributed by atoms with van der Waals surface area (Å²) in [5.41, 5.74) is 1.09. The third-order valence-electron chi connectivity index (χ3n) is 4.26. The number of nitrogens with one attached hydrogen (secondary N) is 1. The molecule has 2 atom stereocenters. The lowest BCUT2D eigenvalue weighted by Crippen LogP contribution is -2.38. The number of hydrogen-bond acceptors (Lipinski definition) is 6. The summed E-state index contributed by atoms with van der Waals surface area (Å²) in [6, 6.07) is 22.5. The van der Waals surface area contributed by atoms with Crippen LogP contribution in [-0.4, -0.2) is 40.7 Å². The standard InChI is InChI=1S/C23H26N2O4/c26-19(17-28-20-6-2-1-3-7-20)16-25-22(27)14-11-18-9-12-21(13-10-18)29-23-8-4-5-15-24-23/h1-10,12-13,15,19,22,25-27H,11,14,16-17H2/t19?,22-/m0/s1. The van der Waals surface area contributed by atoms with Gasteiger partial charge in [0.15, 0.2) is 0 Å². The van der Waals surface area contributed by atoms with Crippen molar-refractivity contribution in [2.75, 3.05) is 13.2 Å². The van der Waals surface area contributed by atoms with E-state index >= 15 is 0 Å². The van der Waals surface area contributed by atoms with E-state index in [1.807, 2.05) is 66.7 Å². The molecule has 0 aliphatic heterocycles. The second-order valence-electron chi connectivity index (χ2n) is 6.65. The van der Waals surface area contributed by atoms with E-state index in [0.29, 0.717) is 30.2 Å². The van der Waals surface area contributed by atoms with Crippen LogP contribution in [0.25, 0.3) is 0 Å². The molecule has 3 rings (SSSR count). The molecule has 0 saturated carbocycles. The molecular weight excluding hydrogens is 368 g/mol. The number of pyridine rings is 1. The van der Waals surface area contributed by atoms with Gasteiger partial charge in [0.05, 0.1) is 0 Å². The number of ether oxygens (including phenoxy) is 2. The van der Waals surface area contributed by atoms with Crippen molar-refractivity contribution in [3.63, 3.8) is 0 Å². The molecule has 29 heavy (non-hydrogen) atoms. The number of aryl methyl sites for hydroxylation is 1. The monoisotopic (exact) mass is 394 g/mol. The lowest BCUT2D eigenvalue weighted by Gasteiger charge is -2.17. The second-order valence-corrected chi connectivity index (χ2v) is 6.65. The van der Waals surface area contributed by atoms with Crippen molar-refractivity contribution < 1.29 is 19.7 Å². The SMILES string of the molecule is OC(CN[C@@H](O)CCc1ccc(Oc2ccccn2)cc1)COc1ccccc1. The van der Waals surface area contributed by atoms with Crippen molar-refractivity contribution >= 4 is 0 Å². The van der Waals surface area contributed by atoms with E-state index in [9.17, 15) is 10.2 Å². The molecule has 0 radical (unpaired) electrons. The second kappa shape index (κ2) is 11.2. The molecule has 0 aliphatic rings. The molecule has 0 aliphatic carbocycles. The Morgan fingerprint density at radius 1 is 0.862 bits per heavy atom. The third-order valence-corrected chi connectivity index (χ3v) is 4.26. The van der Waals surface area contributed by atoms with E-state index in [4.69, 9.17) is 9.47 Å². The molecule has 0 bridgehead atoms. The number of nitrogens with zero attached hydrogens (tertiary/aromatic N) is 1. The number of aromatic nitrogens is 1. The summed E-state index contributed by atoms with van der Waals surface area (Å²) in [5, 5.41) is 23.0. The fourth-order valence-corrected chi connectivity index (χ4v) is 2.70. The van der Waals surface area contributed by atoms with E-state index in [1.54, 1.807) is 12.3 Å². The quantitative estimate of drug-likeness (QED) is 0.433. The topological polar surface area (TPSA) is 83.8 Å². The van der Waals surface area contributed by atoms with Crippen LogP contribution >= 0.6 is 0 Å². The largest absolute Gasteiger partial charge is 0.491 e. The van der Waals surface area contributed by atoms with Gasteiger partial charge in [-0.3, -0.25) is 5.32 Å². The maximum atomic E-state index is 10.1. The van der Waals surface area contributed by atoms with Crippen LogP contribution in [-0.2, 0) is 6.42 Å². The fourth-order valence-electron chi connectivity index (χ4n) is 2.70. The minimum atomic E-state index is -0.703. The highest BCUT2D eigenvalue weighted by Gasteiger charge is 2.09. The van der Waals surface area contributed by atoms with Gasteiger partial charge in [-0.2, -0.15) is 0 Å². The van der Waals surface area contributed by atoms with Crippen molar-refractivity contribution in [2.24, 2.45) is 0 Å². The van der Waals surface area contributed by atoms with Gasteiger partial charge in [0, 0.05) is 18.8 Å². The maximum Gasteiger partial charge on any atom is 0.219 e. The normalized spacial score (nSPS) is 12.9. The molecule has 6 nitrogen and oxygen atoms in total. The van der Waals surface area contributed by atoms with Gasteiger partial charge < -0.3 is 19.7 Å². The van der Waals surface area contributed by atoms with Gasteiger partial charge in [0.25, 0.3) is 0 Å². The molecular formula is C23H26N2O4. The first kappa shape index (κ1) is 20.8. The number of hydrogen-bond donors (Lipinski definition) is 3. The Bertz CT molecular complexity index is 829. The fraction of sp³-hybridized carbons (Fsp3) is 0.261. The zero-order chi connectivity index (χ0) is 20.3. The number of aliphatic hydroxyl groups excluding tert-OH is 2. The molecule has 1 heterocycles. The number of aliphatic hydroxyl groups is 2. The zero-order valence-electron chi connectivity index (χ0n) is 16.1. The van der Waals surface area contributed by atoms with Crippen molar-refractivity contribution in [1.82, 2.24) is 10.3 Å². The Kier molecular flexibility index (Phi) is 8.01. The van der Waals surface area contributed by atoms with E-state index in [-0.39, 0.29) is 13.2 Å². The van der Waals surface area contributed by atoms with Crippen molar-refractivity contribution in [1.29, 1.82) is 0 Å². The number of rotatable bonds is 11. The molecule has 0 spiro atoms. The van der Waals surface area contributed by atoms with Crippen LogP contribution < -0.4 is 14.8 Å². The summed E-state index contributed by atoms with van der Waals surface area (Å²) < 4.78 is 11.2. The molecule has 2 aromatic carbocycles. The average Bonchev–Trinajstić information content (AvgIpc) is 2.77. The molecule has 0 fully saturated rings. The first-order valence-electron chi connectivity index (χ1n) is 9.64. The summed E-state index contributed by atoms with van der Waals surface area (Å²) in [6.07, 6.45) is 1.52. The van der Waals surface area contributed by atoms with Crippen LogP contribution in [0.3, 0.4) is 0 Å². The summed E-state index contributed by atoms with van der Waals surface area (Å²) in [5.74, 6) is 1.98. The molecule has 0 amide bonds. The Morgan fingerprint density at radius 2 is 1.62 bits per heavy atom. The minimum Gasteiger partial charge on any atom is -0.491 e. The summed E-state index contributed by atoms with van der Waals surface area (Å²) >= 11 is 0. The van der Waals surface area contributed by atoms with Crippen LogP contribution in [0.2, 0.25) is 0 Å². The molecule has 1 unspecified atom stereocenters. The molecule has 152 valence electrons. The third kappa shape index (κ3) is 7.54. The van der Waals surface area contributed by atoms with Gasteiger partial charge in [0.2, 0.25) is 5.88 Å².